The molecule has 4 aliphatic rings. The maximum absolute atomic E-state index is 14.0. The van der Waals surface area contributed by atoms with Crippen molar-refractivity contribution in [1.29, 1.82) is 0 Å². The van der Waals surface area contributed by atoms with Crippen LogP contribution in [-0.4, -0.2) is 69.6 Å². The number of amides is 1. The first kappa shape index (κ1) is 28.7. The molecule has 3 aliphatic heterocycles. The molecule has 8 atom stereocenters. The van der Waals surface area contributed by atoms with E-state index in [9.17, 15) is 19.8 Å². The zero-order valence-corrected chi connectivity index (χ0v) is 23.8. The Labute approximate surface area is 234 Å². The van der Waals surface area contributed by atoms with Crippen LogP contribution in [0.4, 0.5) is 0 Å². The number of hydrogen-bond donors (Lipinski definition) is 3. The van der Waals surface area contributed by atoms with Gasteiger partial charge in [0.1, 0.15) is 17.7 Å². The first-order chi connectivity index (χ1) is 18.5. The third-order valence-electron chi connectivity index (χ3n) is 9.41. The van der Waals surface area contributed by atoms with Crippen LogP contribution in [0.5, 0.6) is 0 Å². The summed E-state index contributed by atoms with van der Waals surface area (Å²) in [7, 11) is 0. The number of halogens is 1. The summed E-state index contributed by atoms with van der Waals surface area (Å²) in [5.41, 5.74) is -0.824. The molecule has 3 saturated heterocycles. The number of aryl methyl sites for hydroxylation is 1. The van der Waals surface area contributed by atoms with Crippen LogP contribution < -0.4 is 5.32 Å². The summed E-state index contributed by atoms with van der Waals surface area (Å²) < 4.78 is 16.8. The lowest BCUT2D eigenvalue weighted by atomic mass is 9.58. The largest absolute Gasteiger partial charge is 0.449 e. The molecule has 0 aromatic carbocycles. The number of epoxide rings is 2. The van der Waals surface area contributed by atoms with Crippen LogP contribution in [0.15, 0.2) is 15.7 Å². The van der Waals surface area contributed by atoms with E-state index in [1.165, 1.54) is 6.26 Å². The van der Waals surface area contributed by atoms with Crippen LogP contribution in [0.2, 0.25) is 0 Å². The third kappa shape index (κ3) is 6.27. The monoisotopic (exact) mass is 564 g/mol. The van der Waals surface area contributed by atoms with Crippen molar-refractivity contribution in [3.8, 4) is 0 Å². The van der Waals surface area contributed by atoms with Gasteiger partial charge in [-0.1, -0.05) is 31.4 Å². The molecule has 4 fully saturated rings. The van der Waals surface area contributed by atoms with Crippen LogP contribution in [0, 0.1) is 24.2 Å². The van der Waals surface area contributed by atoms with Gasteiger partial charge in [0.05, 0.1) is 54.5 Å². The Bertz CT molecular complexity index is 1100. The van der Waals surface area contributed by atoms with Gasteiger partial charge in [-0.05, 0) is 51.0 Å². The molecule has 1 spiro atoms. The van der Waals surface area contributed by atoms with E-state index in [1.54, 1.807) is 13.0 Å². The summed E-state index contributed by atoms with van der Waals surface area (Å²) in [6.45, 7) is 6.37. The number of carbonyl (C=O) groups is 2. The predicted molar refractivity (Wildman–Crippen MR) is 144 cm³/mol. The number of fused-ring (bicyclic) bond motifs is 1. The van der Waals surface area contributed by atoms with Crippen LogP contribution >= 0.6 is 11.6 Å². The fourth-order valence-electron chi connectivity index (χ4n) is 6.48. The minimum atomic E-state index is -1.15. The maximum atomic E-state index is 14.0. The Hall–Kier alpha value is -1.78. The minimum Gasteiger partial charge on any atom is -0.449 e. The maximum Gasteiger partial charge on any atom is 0.223 e. The molecule has 1 aromatic heterocycles. The molecule has 1 aromatic rings. The van der Waals surface area contributed by atoms with Crippen molar-refractivity contribution in [3.05, 3.63) is 22.9 Å². The highest BCUT2D eigenvalue weighted by Crippen LogP contribution is 2.50. The normalized spacial score (nSPS) is 39.5. The van der Waals surface area contributed by atoms with E-state index in [-0.39, 0.29) is 41.8 Å². The van der Waals surface area contributed by atoms with Gasteiger partial charge in [-0.15, -0.1) is 0 Å². The van der Waals surface area contributed by atoms with Gasteiger partial charge in [-0.2, -0.15) is 0 Å². The molecule has 0 radical (unpaired) electrons. The number of aromatic nitrogens is 1. The molecule has 1 aliphatic carbocycles. The Morgan fingerprint density at radius 2 is 2.00 bits per heavy atom. The topological polar surface area (TPSA) is 138 Å². The molecule has 1 amide bonds. The number of carbonyl (C=O) groups excluding carboxylic acids is 2. The van der Waals surface area contributed by atoms with Crippen LogP contribution in [-0.2, 0) is 19.1 Å². The number of ketones is 1. The molecule has 216 valence electrons. The molecular weight excluding hydrogens is 524 g/mol. The van der Waals surface area contributed by atoms with Gasteiger partial charge < -0.3 is 29.4 Å². The Morgan fingerprint density at radius 1 is 1.26 bits per heavy atom. The lowest BCUT2D eigenvalue weighted by Crippen LogP contribution is -2.54. The third-order valence-corrected chi connectivity index (χ3v) is 9.79. The van der Waals surface area contributed by atoms with Crippen molar-refractivity contribution in [2.24, 2.45) is 17.3 Å². The average molecular weight is 565 g/mol. The highest BCUT2D eigenvalue weighted by molar-refractivity contribution is 6.32. The van der Waals surface area contributed by atoms with Crippen molar-refractivity contribution >= 4 is 29.4 Å². The van der Waals surface area contributed by atoms with Crippen molar-refractivity contribution in [2.75, 3.05) is 6.61 Å². The van der Waals surface area contributed by atoms with E-state index < -0.39 is 29.6 Å². The van der Waals surface area contributed by atoms with E-state index in [4.69, 9.17) is 25.5 Å². The zero-order chi connectivity index (χ0) is 27.9. The summed E-state index contributed by atoms with van der Waals surface area (Å²) >= 11 is 6.71. The quantitative estimate of drug-likeness (QED) is 0.471. The number of rotatable bonds is 4. The number of Topliss-reactive ketones (excluding diaryl/α,β-unsaturated/α-hetero) is 1. The van der Waals surface area contributed by atoms with Crippen LogP contribution in [0.1, 0.15) is 83.2 Å². The Morgan fingerprint density at radius 3 is 2.62 bits per heavy atom. The molecule has 1 saturated carbocycles. The molecule has 0 bridgehead atoms. The highest BCUT2D eigenvalue weighted by atomic mass is 35.5. The first-order valence-electron chi connectivity index (χ1n) is 14.3. The van der Waals surface area contributed by atoms with Gasteiger partial charge in [0.2, 0.25) is 5.91 Å². The average Bonchev–Trinajstić information content (AvgIpc) is 3.74. The van der Waals surface area contributed by atoms with Crippen molar-refractivity contribution < 1.29 is 33.7 Å². The van der Waals surface area contributed by atoms with Gasteiger partial charge in [0, 0.05) is 24.3 Å². The second-order valence-corrected chi connectivity index (χ2v) is 12.8. The van der Waals surface area contributed by atoms with Crippen molar-refractivity contribution in [2.45, 2.75) is 115 Å². The van der Waals surface area contributed by atoms with E-state index >= 15 is 0 Å². The summed E-state index contributed by atoms with van der Waals surface area (Å²) in [4.78, 5) is 31.5. The predicted octanol–water partition coefficient (Wildman–Crippen LogP) is 3.67. The smallest absolute Gasteiger partial charge is 0.223 e. The molecule has 9 nitrogen and oxygen atoms in total. The van der Waals surface area contributed by atoms with Gasteiger partial charge >= 0.3 is 0 Å². The highest BCUT2D eigenvalue weighted by Gasteiger charge is 2.55. The first-order valence-corrected chi connectivity index (χ1v) is 14.7. The fraction of sp³-hybridized carbons (Fsp3) is 0.759. The van der Waals surface area contributed by atoms with Crippen molar-refractivity contribution in [1.82, 2.24) is 10.3 Å². The van der Waals surface area contributed by atoms with Gasteiger partial charge in [0.25, 0.3) is 0 Å². The lowest BCUT2D eigenvalue weighted by Gasteiger charge is -2.46. The summed E-state index contributed by atoms with van der Waals surface area (Å²) in [5.74, 6) is -0.741. The summed E-state index contributed by atoms with van der Waals surface area (Å²) in [5, 5.41) is 26.0. The number of nitrogens with zero attached hydrogens (tertiary/aromatic N) is 1. The van der Waals surface area contributed by atoms with E-state index in [0.29, 0.717) is 48.9 Å². The van der Waals surface area contributed by atoms with E-state index in [1.807, 2.05) is 6.92 Å². The number of aliphatic hydroxyl groups excluding tert-OH is 2. The van der Waals surface area contributed by atoms with Crippen LogP contribution in [0.25, 0.3) is 6.08 Å². The van der Waals surface area contributed by atoms with Crippen molar-refractivity contribution in [3.63, 3.8) is 0 Å². The van der Waals surface area contributed by atoms with E-state index in [0.717, 1.165) is 25.7 Å². The number of nitrogens with one attached hydrogen (secondary N) is 1. The number of ether oxygens (including phenoxy) is 2. The van der Waals surface area contributed by atoms with Gasteiger partial charge in [0.15, 0.2) is 5.89 Å². The summed E-state index contributed by atoms with van der Waals surface area (Å²) in [6.07, 6.45) is 5.94. The molecule has 39 heavy (non-hydrogen) atoms. The Kier molecular flexibility index (Phi) is 8.28. The second kappa shape index (κ2) is 11.2. The second-order valence-electron chi connectivity index (χ2n) is 12.3. The molecule has 5 rings (SSSR count). The standard InChI is InChI=1S/C29H41ClN2O7/c1-16-6-4-7-28(3)24(39-28)12-22(21(30)10-18-14-37-17(2)31-18)32-25(34)13-23(33)29(8-5-9-29)27(36)20(26(16)35)11-19-15-38-19/h10,14,16,19-20,22-24,26,33,35H,4-9,11-13,15H2,1-3H3,(H,32,34)/t16-,19?,20+,22-,23-,24?,26+,28?/m0/s1. The van der Waals surface area contributed by atoms with Crippen LogP contribution in [0.3, 0.4) is 0 Å². The molecule has 3 unspecified atom stereocenters. The minimum absolute atomic E-state index is 0.0355. The number of hydrogen-bond acceptors (Lipinski definition) is 8. The number of oxazole rings is 1. The zero-order valence-electron chi connectivity index (χ0n) is 23.0. The lowest BCUT2D eigenvalue weighted by molar-refractivity contribution is -0.156. The number of aliphatic hydroxyl groups is 2. The van der Waals surface area contributed by atoms with Gasteiger partial charge in [-0.25, -0.2) is 4.98 Å². The summed E-state index contributed by atoms with van der Waals surface area (Å²) in [6, 6.07) is -0.545. The Balaban J connectivity index is 1.40. The molecule has 4 heterocycles. The fourth-order valence-corrected chi connectivity index (χ4v) is 6.73. The SMILES string of the molecule is Cc1nc(C=C(Cl)[C@@H]2CC3OC3(C)CCC[C@H](C)[C@@H](O)[C@@H](CC3CO3)C(=O)C3(CCC3)[C@@H](O)CC(=O)N2)co1. The van der Waals surface area contributed by atoms with Gasteiger partial charge in [-0.3, -0.25) is 9.59 Å². The van der Waals surface area contributed by atoms with E-state index in [2.05, 4.69) is 17.2 Å². The molecule has 3 N–H and O–H groups in total. The molecule has 10 heteroatoms. The molecular formula is C29H41ClN2O7.